The standard InChI is InChI=1S/C16H16N2O3/c1-11-8-12(2)10-13(9-11)16(19)17(3)14-4-6-15(7-5-14)18(20)21/h4-10H,1-3H3. The first-order valence-corrected chi connectivity index (χ1v) is 6.49. The van der Waals surface area contributed by atoms with Crippen molar-refractivity contribution < 1.29 is 9.72 Å². The Morgan fingerprint density at radius 1 is 1.05 bits per heavy atom. The molecule has 0 radical (unpaired) electrons. The van der Waals surface area contributed by atoms with Gasteiger partial charge in [-0.2, -0.15) is 0 Å². The summed E-state index contributed by atoms with van der Waals surface area (Å²) < 4.78 is 0. The monoisotopic (exact) mass is 284 g/mol. The molecule has 0 aliphatic heterocycles. The molecule has 0 N–H and O–H groups in total. The van der Waals surface area contributed by atoms with Gasteiger partial charge in [-0.1, -0.05) is 17.2 Å². The zero-order valence-electron chi connectivity index (χ0n) is 12.2. The summed E-state index contributed by atoms with van der Waals surface area (Å²) in [5, 5.41) is 10.6. The summed E-state index contributed by atoms with van der Waals surface area (Å²) in [6.45, 7) is 3.88. The van der Waals surface area contributed by atoms with Crippen molar-refractivity contribution in [3.05, 3.63) is 69.3 Å². The fourth-order valence-electron chi connectivity index (χ4n) is 2.21. The second-order valence-electron chi connectivity index (χ2n) is 5.01. The van der Waals surface area contributed by atoms with Gasteiger partial charge in [0.2, 0.25) is 0 Å². The van der Waals surface area contributed by atoms with Crippen LogP contribution < -0.4 is 4.90 Å². The molecular weight excluding hydrogens is 268 g/mol. The molecule has 0 spiro atoms. The van der Waals surface area contributed by atoms with Crippen molar-refractivity contribution in [2.45, 2.75) is 13.8 Å². The van der Waals surface area contributed by atoms with Crippen LogP contribution in [-0.4, -0.2) is 17.9 Å². The molecule has 1 amide bonds. The van der Waals surface area contributed by atoms with Gasteiger partial charge in [-0.05, 0) is 38.1 Å². The van der Waals surface area contributed by atoms with E-state index in [9.17, 15) is 14.9 Å². The van der Waals surface area contributed by atoms with Gasteiger partial charge in [0.15, 0.2) is 0 Å². The number of carbonyl (C=O) groups is 1. The fourth-order valence-corrected chi connectivity index (χ4v) is 2.21. The van der Waals surface area contributed by atoms with Crippen LogP contribution in [0.5, 0.6) is 0 Å². The Morgan fingerprint density at radius 2 is 1.57 bits per heavy atom. The highest BCUT2D eigenvalue weighted by molar-refractivity contribution is 6.06. The Morgan fingerprint density at radius 3 is 2.05 bits per heavy atom. The van der Waals surface area contributed by atoms with Crippen LogP contribution in [0.2, 0.25) is 0 Å². The molecule has 0 unspecified atom stereocenters. The predicted octanol–water partition coefficient (Wildman–Crippen LogP) is 3.49. The third-order valence-electron chi connectivity index (χ3n) is 3.22. The molecule has 0 aliphatic rings. The maximum Gasteiger partial charge on any atom is 0.269 e. The Balaban J connectivity index is 2.28. The van der Waals surface area contributed by atoms with E-state index in [1.807, 2.05) is 32.0 Å². The SMILES string of the molecule is Cc1cc(C)cc(C(=O)N(C)c2ccc([N+](=O)[O-])cc2)c1. The molecule has 0 atom stereocenters. The van der Waals surface area contributed by atoms with Crippen LogP contribution in [-0.2, 0) is 0 Å². The molecule has 108 valence electrons. The lowest BCUT2D eigenvalue weighted by atomic mass is 10.1. The van der Waals surface area contributed by atoms with Crippen molar-refractivity contribution in [2.24, 2.45) is 0 Å². The summed E-state index contributed by atoms with van der Waals surface area (Å²) in [6, 6.07) is 11.6. The van der Waals surface area contributed by atoms with Crippen molar-refractivity contribution in [3.63, 3.8) is 0 Å². The van der Waals surface area contributed by atoms with Gasteiger partial charge in [-0.25, -0.2) is 0 Å². The van der Waals surface area contributed by atoms with Gasteiger partial charge < -0.3 is 4.90 Å². The Labute approximate surface area is 123 Å². The lowest BCUT2D eigenvalue weighted by Crippen LogP contribution is -2.26. The number of aryl methyl sites for hydroxylation is 2. The maximum absolute atomic E-state index is 12.5. The van der Waals surface area contributed by atoms with Gasteiger partial charge in [0.25, 0.3) is 11.6 Å². The van der Waals surface area contributed by atoms with Gasteiger partial charge in [-0.3, -0.25) is 14.9 Å². The maximum atomic E-state index is 12.5. The minimum atomic E-state index is -0.463. The minimum absolute atomic E-state index is 0.00555. The Kier molecular flexibility index (Phi) is 4.03. The highest BCUT2D eigenvalue weighted by atomic mass is 16.6. The zero-order valence-corrected chi connectivity index (χ0v) is 12.2. The molecule has 5 nitrogen and oxygen atoms in total. The average molecular weight is 284 g/mol. The zero-order chi connectivity index (χ0) is 15.6. The van der Waals surface area contributed by atoms with Crippen LogP contribution in [0.4, 0.5) is 11.4 Å². The van der Waals surface area contributed by atoms with Gasteiger partial charge in [0.05, 0.1) is 4.92 Å². The molecule has 0 bridgehead atoms. The molecule has 21 heavy (non-hydrogen) atoms. The molecule has 0 heterocycles. The number of nitro benzene ring substituents is 1. The quantitative estimate of drug-likeness (QED) is 0.640. The summed E-state index contributed by atoms with van der Waals surface area (Å²) in [5.41, 5.74) is 3.27. The molecule has 0 saturated carbocycles. The van der Waals surface area contributed by atoms with Gasteiger partial charge in [-0.15, -0.1) is 0 Å². The summed E-state index contributed by atoms with van der Waals surface area (Å²) in [5.74, 6) is -0.143. The van der Waals surface area contributed by atoms with E-state index < -0.39 is 4.92 Å². The highest BCUT2D eigenvalue weighted by Crippen LogP contribution is 2.20. The van der Waals surface area contributed by atoms with Crippen molar-refractivity contribution >= 4 is 17.3 Å². The number of non-ortho nitro benzene ring substituents is 1. The molecule has 2 aromatic rings. The molecule has 2 aromatic carbocycles. The second kappa shape index (κ2) is 5.75. The normalized spacial score (nSPS) is 10.2. The van der Waals surface area contributed by atoms with E-state index in [0.717, 1.165) is 11.1 Å². The summed E-state index contributed by atoms with van der Waals surface area (Å²) in [7, 11) is 1.65. The summed E-state index contributed by atoms with van der Waals surface area (Å²) in [4.78, 5) is 24.1. The Hall–Kier alpha value is -2.69. The first-order valence-electron chi connectivity index (χ1n) is 6.49. The number of carbonyl (C=O) groups excluding carboxylic acids is 1. The van der Waals surface area contributed by atoms with E-state index in [2.05, 4.69) is 0 Å². The smallest absolute Gasteiger partial charge is 0.269 e. The number of anilines is 1. The second-order valence-corrected chi connectivity index (χ2v) is 5.01. The number of benzene rings is 2. The van der Waals surface area contributed by atoms with E-state index >= 15 is 0 Å². The van der Waals surface area contributed by atoms with E-state index in [0.29, 0.717) is 11.3 Å². The summed E-state index contributed by atoms with van der Waals surface area (Å²) >= 11 is 0. The number of amides is 1. The molecule has 0 fully saturated rings. The number of hydrogen-bond acceptors (Lipinski definition) is 3. The van der Waals surface area contributed by atoms with Crippen LogP contribution in [0.15, 0.2) is 42.5 Å². The number of nitrogens with zero attached hydrogens (tertiary/aromatic N) is 2. The summed E-state index contributed by atoms with van der Waals surface area (Å²) in [6.07, 6.45) is 0. The van der Waals surface area contributed by atoms with Crippen LogP contribution in [0.25, 0.3) is 0 Å². The first kappa shape index (κ1) is 14.7. The number of rotatable bonds is 3. The Bertz CT molecular complexity index is 673. The van der Waals surface area contributed by atoms with Crippen molar-refractivity contribution in [3.8, 4) is 0 Å². The topological polar surface area (TPSA) is 63.5 Å². The van der Waals surface area contributed by atoms with Crippen LogP contribution in [0.3, 0.4) is 0 Å². The van der Waals surface area contributed by atoms with E-state index in [-0.39, 0.29) is 11.6 Å². The van der Waals surface area contributed by atoms with E-state index in [1.165, 1.54) is 17.0 Å². The molecule has 5 heteroatoms. The fraction of sp³-hybridized carbons (Fsp3) is 0.188. The first-order chi connectivity index (χ1) is 9.88. The highest BCUT2D eigenvalue weighted by Gasteiger charge is 2.15. The van der Waals surface area contributed by atoms with Crippen molar-refractivity contribution in [1.29, 1.82) is 0 Å². The van der Waals surface area contributed by atoms with Crippen LogP contribution in [0, 0.1) is 24.0 Å². The lowest BCUT2D eigenvalue weighted by molar-refractivity contribution is -0.384. The van der Waals surface area contributed by atoms with Crippen molar-refractivity contribution in [2.75, 3.05) is 11.9 Å². The predicted molar refractivity (Wildman–Crippen MR) is 81.7 cm³/mol. The number of hydrogen-bond donors (Lipinski definition) is 0. The lowest BCUT2D eigenvalue weighted by Gasteiger charge is -2.18. The van der Waals surface area contributed by atoms with E-state index in [1.54, 1.807) is 19.2 Å². The van der Waals surface area contributed by atoms with Crippen molar-refractivity contribution in [1.82, 2.24) is 0 Å². The van der Waals surface area contributed by atoms with Gasteiger partial charge in [0.1, 0.15) is 0 Å². The van der Waals surface area contributed by atoms with Crippen LogP contribution >= 0.6 is 0 Å². The largest absolute Gasteiger partial charge is 0.311 e. The minimum Gasteiger partial charge on any atom is -0.311 e. The molecule has 0 aromatic heterocycles. The third kappa shape index (κ3) is 3.25. The van der Waals surface area contributed by atoms with Gasteiger partial charge in [0, 0.05) is 30.4 Å². The van der Waals surface area contributed by atoms with Crippen LogP contribution in [0.1, 0.15) is 21.5 Å². The third-order valence-corrected chi connectivity index (χ3v) is 3.22. The molecular formula is C16H16N2O3. The average Bonchev–Trinajstić information content (AvgIpc) is 2.44. The molecule has 0 saturated heterocycles. The molecule has 0 aliphatic carbocycles. The van der Waals surface area contributed by atoms with Gasteiger partial charge >= 0.3 is 0 Å². The van der Waals surface area contributed by atoms with E-state index in [4.69, 9.17) is 0 Å². The number of nitro groups is 1. The molecule has 2 rings (SSSR count).